The summed E-state index contributed by atoms with van der Waals surface area (Å²) >= 11 is 0. The molecular formula is C34H46N6O6. The van der Waals surface area contributed by atoms with E-state index in [0.29, 0.717) is 70.5 Å². The molecule has 5 rings (SSSR count). The zero-order valence-electron chi connectivity index (χ0n) is 27.3. The van der Waals surface area contributed by atoms with Crippen LogP contribution in [0.25, 0.3) is 11.4 Å². The number of benzene rings is 1. The molecule has 1 N–H and O–H groups in total. The van der Waals surface area contributed by atoms with Crippen molar-refractivity contribution in [3.8, 4) is 11.4 Å². The molecule has 0 bridgehead atoms. The minimum atomic E-state index is -0.751. The number of nitrogens with one attached hydrogen (secondary N) is 1. The fourth-order valence-electron chi connectivity index (χ4n) is 6.38. The highest BCUT2D eigenvalue weighted by molar-refractivity contribution is 5.97. The van der Waals surface area contributed by atoms with Gasteiger partial charge >= 0.3 is 12.1 Å². The molecule has 3 fully saturated rings. The lowest BCUT2D eigenvalue weighted by Gasteiger charge is -2.36. The molecule has 1 aromatic carbocycles. The van der Waals surface area contributed by atoms with Gasteiger partial charge in [-0.3, -0.25) is 14.4 Å². The maximum absolute atomic E-state index is 13.8. The van der Waals surface area contributed by atoms with E-state index in [1.54, 1.807) is 15.9 Å². The van der Waals surface area contributed by atoms with Crippen LogP contribution in [0.3, 0.4) is 0 Å². The van der Waals surface area contributed by atoms with E-state index in [1.807, 2.05) is 58.0 Å². The van der Waals surface area contributed by atoms with Crippen LogP contribution in [0.1, 0.15) is 57.4 Å². The number of piperazine rings is 1. The van der Waals surface area contributed by atoms with E-state index in [9.17, 15) is 19.2 Å². The first-order valence-corrected chi connectivity index (χ1v) is 16.6. The number of carbonyl (C=O) groups is 4. The van der Waals surface area contributed by atoms with Crippen LogP contribution in [0.4, 0.5) is 10.6 Å². The predicted molar refractivity (Wildman–Crippen MR) is 172 cm³/mol. The molecule has 3 unspecified atom stereocenters. The number of amides is 3. The number of rotatable bonds is 12. The van der Waals surface area contributed by atoms with Gasteiger partial charge < -0.3 is 29.5 Å². The molecule has 1 aliphatic carbocycles. The van der Waals surface area contributed by atoms with E-state index in [4.69, 9.17) is 14.5 Å². The molecule has 1 aromatic heterocycles. The van der Waals surface area contributed by atoms with Crippen molar-refractivity contribution in [1.29, 1.82) is 0 Å². The normalized spacial score (nSPS) is 21.1. The van der Waals surface area contributed by atoms with Crippen LogP contribution in [0.15, 0.2) is 36.4 Å². The summed E-state index contributed by atoms with van der Waals surface area (Å²) in [5, 5.41) is 2.97. The first-order chi connectivity index (χ1) is 22.2. The Balaban J connectivity index is 1.29. The fraction of sp³-hybridized carbons (Fsp3) is 0.588. The van der Waals surface area contributed by atoms with Gasteiger partial charge in [-0.2, -0.15) is 0 Å². The molecule has 3 amide bonds. The lowest BCUT2D eigenvalue weighted by atomic mass is 10.0. The molecule has 2 aromatic rings. The first-order valence-electron chi connectivity index (χ1n) is 16.6. The van der Waals surface area contributed by atoms with Crippen molar-refractivity contribution < 1.29 is 28.7 Å². The van der Waals surface area contributed by atoms with E-state index in [0.717, 1.165) is 18.4 Å². The number of unbranched alkanes of at least 4 members (excludes halogenated alkanes) is 1. The zero-order chi connectivity index (χ0) is 32.8. The molecule has 46 heavy (non-hydrogen) atoms. The largest absolute Gasteiger partial charge is 0.466 e. The molecule has 2 saturated heterocycles. The van der Waals surface area contributed by atoms with Gasteiger partial charge in [0.2, 0.25) is 5.91 Å². The van der Waals surface area contributed by atoms with Crippen LogP contribution in [0.5, 0.6) is 0 Å². The number of hydrogen-bond acceptors (Lipinski definition) is 9. The third-order valence-electron chi connectivity index (χ3n) is 8.94. The zero-order valence-corrected chi connectivity index (χ0v) is 27.3. The van der Waals surface area contributed by atoms with Gasteiger partial charge in [-0.15, -0.1) is 0 Å². The molecule has 12 nitrogen and oxygen atoms in total. The van der Waals surface area contributed by atoms with Gasteiger partial charge in [-0.1, -0.05) is 57.5 Å². The average Bonchev–Trinajstić information content (AvgIpc) is 3.57. The van der Waals surface area contributed by atoms with Crippen LogP contribution in [-0.2, 0) is 19.1 Å². The molecule has 0 radical (unpaired) electrons. The summed E-state index contributed by atoms with van der Waals surface area (Å²) in [5.74, 6) is 0.742. The predicted octanol–water partition coefficient (Wildman–Crippen LogP) is 3.61. The van der Waals surface area contributed by atoms with Crippen molar-refractivity contribution in [3.63, 3.8) is 0 Å². The number of anilines is 1. The topological polar surface area (TPSA) is 134 Å². The highest BCUT2D eigenvalue weighted by atomic mass is 16.6. The van der Waals surface area contributed by atoms with Crippen LogP contribution >= 0.6 is 0 Å². The second-order valence-corrected chi connectivity index (χ2v) is 12.7. The maximum Gasteiger partial charge on any atom is 0.409 e. The third kappa shape index (κ3) is 7.76. The van der Waals surface area contributed by atoms with Crippen molar-refractivity contribution >= 4 is 29.7 Å². The van der Waals surface area contributed by atoms with Crippen molar-refractivity contribution in [2.45, 2.75) is 53.0 Å². The molecule has 0 spiro atoms. The van der Waals surface area contributed by atoms with Gasteiger partial charge in [0.1, 0.15) is 17.6 Å². The van der Waals surface area contributed by atoms with Crippen molar-refractivity contribution in [3.05, 3.63) is 42.1 Å². The Morgan fingerprint density at radius 3 is 2.24 bits per heavy atom. The van der Waals surface area contributed by atoms with Gasteiger partial charge in [-0.05, 0) is 37.5 Å². The molecule has 2 aliphatic heterocycles. The molecule has 3 heterocycles. The first kappa shape index (κ1) is 33.2. The Hall–Kier alpha value is -4.22. The summed E-state index contributed by atoms with van der Waals surface area (Å²) in [6, 6.07) is 10.4. The SMILES string of the molecule is CCCCOC(=O)N1CCN(C(=O)C(CC(C)C)NC(=O)c2cc(N3CC4C(C3)C4C(=O)OCC)nc(-c3ccccc3)n2)CC1. The number of ether oxygens (including phenoxy) is 2. The van der Waals surface area contributed by atoms with Gasteiger partial charge in [-0.25, -0.2) is 14.8 Å². The van der Waals surface area contributed by atoms with Gasteiger partial charge in [0.05, 0.1) is 19.1 Å². The summed E-state index contributed by atoms with van der Waals surface area (Å²) in [5.41, 5.74) is 0.945. The second-order valence-electron chi connectivity index (χ2n) is 12.7. The molecular weight excluding hydrogens is 588 g/mol. The highest BCUT2D eigenvalue weighted by Gasteiger charge is 2.60. The van der Waals surface area contributed by atoms with Crippen molar-refractivity contribution in [2.75, 3.05) is 57.4 Å². The Morgan fingerprint density at radius 2 is 1.61 bits per heavy atom. The molecule has 3 aliphatic rings. The van der Waals surface area contributed by atoms with E-state index in [1.165, 1.54) is 0 Å². The maximum atomic E-state index is 13.8. The van der Waals surface area contributed by atoms with E-state index >= 15 is 0 Å². The number of carbonyl (C=O) groups excluding carboxylic acids is 4. The Kier molecular flexibility index (Phi) is 10.7. The number of fused-ring (bicyclic) bond motifs is 1. The number of esters is 1. The highest BCUT2D eigenvalue weighted by Crippen LogP contribution is 2.53. The molecule has 1 saturated carbocycles. The third-order valence-corrected chi connectivity index (χ3v) is 8.94. The smallest absolute Gasteiger partial charge is 0.409 e. The Labute approximate surface area is 270 Å². The molecule has 12 heteroatoms. The summed E-state index contributed by atoms with van der Waals surface area (Å²) < 4.78 is 10.6. The van der Waals surface area contributed by atoms with Crippen molar-refractivity contribution in [1.82, 2.24) is 25.1 Å². The molecule has 3 atom stereocenters. The minimum Gasteiger partial charge on any atom is -0.466 e. The number of hydrogen-bond donors (Lipinski definition) is 1. The van der Waals surface area contributed by atoms with Crippen LogP contribution < -0.4 is 10.2 Å². The summed E-state index contributed by atoms with van der Waals surface area (Å²) in [4.78, 5) is 67.1. The van der Waals surface area contributed by atoms with E-state index in [2.05, 4.69) is 15.2 Å². The number of aromatic nitrogens is 2. The monoisotopic (exact) mass is 634 g/mol. The van der Waals surface area contributed by atoms with Gasteiger partial charge in [0.15, 0.2) is 5.82 Å². The van der Waals surface area contributed by atoms with Crippen LogP contribution in [0, 0.1) is 23.7 Å². The molecule has 248 valence electrons. The van der Waals surface area contributed by atoms with Gasteiger partial charge in [0, 0.05) is 50.9 Å². The minimum absolute atomic E-state index is 0.0780. The van der Waals surface area contributed by atoms with Crippen LogP contribution in [0.2, 0.25) is 0 Å². The lowest BCUT2D eigenvalue weighted by Crippen LogP contribution is -2.56. The lowest BCUT2D eigenvalue weighted by molar-refractivity contribution is -0.145. The standard InChI is InChI=1S/C34H46N6O6/c1-5-7-17-46-34(44)39-15-13-38(14-16-39)32(42)27(18-22(3)4)36-31(41)26-19-28(37-30(35-26)23-11-9-8-10-12-23)40-20-24-25(21-40)29(24)33(43)45-6-2/h8-12,19,22,24-25,27,29H,5-7,13-18,20-21H2,1-4H3,(H,36,41). The summed E-state index contributed by atoms with van der Waals surface area (Å²) in [6.07, 6.45) is 1.86. The summed E-state index contributed by atoms with van der Waals surface area (Å²) in [7, 11) is 0. The van der Waals surface area contributed by atoms with Crippen molar-refractivity contribution in [2.24, 2.45) is 23.7 Å². The van der Waals surface area contributed by atoms with Gasteiger partial charge in [0.25, 0.3) is 5.91 Å². The number of nitrogens with zero attached hydrogens (tertiary/aromatic N) is 5. The summed E-state index contributed by atoms with van der Waals surface area (Å²) in [6.45, 7) is 11.4. The Bertz CT molecular complexity index is 1380. The average molecular weight is 635 g/mol. The number of piperidine rings is 1. The fourth-order valence-corrected chi connectivity index (χ4v) is 6.38. The van der Waals surface area contributed by atoms with Crippen LogP contribution in [-0.4, -0.2) is 102 Å². The Morgan fingerprint density at radius 1 is 0.935 bits per heavy atom. The second kappa shape index (κ2) is 14.9. The van der Waals surface area contributed by atoms with E-state index < -0.39 is 11.9 Å². The van der Waals surface area contributed by atoms with E-state index in [-0.39, 0.29) is 47.3 Å². The quantitative estimate of drug-likeness (QED) is 0.275.